The first-order chi connectivity index (χ1) is 9.95. The van der Waals surface area contributed by atoms with Crippen molar-refractivity contribution in [1.82, 2.24) is 0 Å². The van der Waals surface area contributed by atoms with E-state index in [-0.39, 0.29) is 5.78 Å². The van der Waals surface area contributed by atoms with Gasteiger partial charge < -0.3 is 5.32 Å². The van der Waals surface area contributed by atoms with E-state index in [2.05, 4.69) is 5.32 Å². The van der Waals surface area contributed by atoms with Crippen molar-refractivity contribution in [2.24, 2.45) is 0 Å². The van der Waals surface area contributed by atoms with Crippen LogP contribution in [-0.2, 0) is 0 Å². The fourth-order valence-electron chi connectivity index (χ4n) is 1.84. The maximum Gasteiger partial charge on any atom is 0.187 e. The van der Waals surface area contributed by atoms with E-state index in [0.29, 0.717) is 15.6 Å². The largest absolute Gasteiger partial charge is 0.359 e. The van der Waals surface area contributed by atoms with Crippen LogP contribution < -0.4 is 5.32 Å². The van der Waals surface area contributed by atoms with Gasteiger partial charge in [0, 0.05) is 23.0 Å². The molecule has 0 aliphatic heterocycles. The molecule has 2 aromatic carbocycles. The number of hydrogen-bond acceptors (Lipinski definition) is 2. The van der Waals surface area contributed by atoms with E-state index in [1.807, 2.05) is 44.2 Å². The highest BCUT2D eigenvalue weighted by atomic mass is 35.5. The van der Waals surface area contributed by atoms with Crippen molar-refractivity contribution < 1.29 is 4.79 Å². The molecule has 0 spiro atoms. The van der Waals surface area contributed by atoms with Crippen molar-refractivity contribution in [3.05, 3.63) is 75.4 Å². The average Bonchev–Trinajstić information content (AvgIpc) is 2.43. The standard InChI is InChI=1S/C17H15Cl2NO/c1-11-3-5-13(6-4-11)17(21)9-12(2)20-14-7-8-15(18)16(19)10-14/h3-10,20H,1-2H3/b12-9-. The summed E-state index contributed by atoms with van der Waals surface area (Å²) in [7, 11) is 0. The topological polar surface area (TPSA) is 29.1 Å². The number of hydrogen-bond donors (Lipinski definition) is 1. The molecule has 0 radical (unpaired) electrons. The summed E-state index contributed by atoms with van der Waals surface area (Å²) in [5.41, 5.74) is 3.31. The van der Waals surface area contributed by atoms with E-state index in [1.165, 1.54) is 0 Å². The van der Waals surface area contributed by atoms with Gasteiger partial charge in [-0.3, -0.25) is 4.79 Å². The summed E-state index contributed by atoms with van der Waals surface area (Å²) in [6.45, 7) is 3.82. The smallest absolute Gasteiger partial charge is 0.187 e. The molecule has 2 aromatic rings. The van der Waals surface area contributed by atoms with Crippen LogP contribution in [0, 0.1) is 6.92 Å². The number of benzene rings is 2. The van der Waals surface area contributed by atoms with Gasteiger partial charge in [0.1, 0.15) is 0 Å². The number of allylic oxidation sites excluding steroid dienone is 2. The average molecular weight is 320 g/mol. The molecule has 0 fully saturated rings. The molecule has 108 valence electrons. The van der Waals surface area contributed by atoms with Gasteiger partial charge in [0.2, 0.25) is 0 Å². The number of aryl methyl sites for hydroxylation is 1. The summed E-state index contributed by atoms with van der Waals surface area (Å²) in [5, 5.41) is 4.09. The second-order valence-electron chi connectivity index (χ2n) is 4.81. The van der Waals surface area contributed by atoms with Crippen molar-refractivity contribution in [1.29, 1.82) is 0 Å². The van der Waals surface area contributed by atoms with Crippen LogP contribution in [-0.4, -0.2) is 5.78 Å². The lowest BCUT2D eigenvalue weighted by Gasteiger charge is -2.07. The van der Waals surface area contributed by atoms with Crippen LogP contribution in [0.25, 0.3) is 0 Å². The Morgan fingerprint density at radius 3 is 2.33 bits per heavy atom. The number of carbonyl (C=O) groups excluding carboxylic acids is 1. The van der Waals surface area contributed by atoms with Gasteiger partial charge >= 0.3 is 0 Å². The maximum absolute atomic E-state index is 12.1. The van der Waals surface area contributed by atoms with E-state index >= 15 is 0 Å². The van der Waals surface area contributed by atoms with E-state index in [4.69, 9.17) is 23.2 Å². The van der Waals surface area contributed by atoms with Gasteiger partial charge in [0.15, 0.2) is 5.78 Å². The van der Waals surface area contributed by atoms with Crippen LogP contribution in [0.5, 0.6) is 0 Å². The Kier molecular flexibility index (Phi) is 5.05. The molecule has 0 saturated carbocycles. The number of ketones is 1. The number of anilines is 1. The van der Waals surface area contributed by atoms with Crippen LogP contribution in [0.4, 0.5) is 5.69 Å². The van der Waals surface area contributed by atoms with Gasteiger partial charge in [0.25, 0.3) is 0 Å². The van der Waals surface area contributed by atoms with E-state index in [9.17, 15) is 4.79 Å². The Morgan fingerprint density at radius 1 is 1.05 bits per heavy atom. The molecule has 21 heavy (non-hydrogen) atoms. The van der Waals surface area contributed by atoms with Crippen molar-refractivity contribution in [2.75, 3.05) is 5.32 Å². The minimum absolute atomic E-state index is 0.0416. The lowest BCUT2D eigenvalue weighted by atomic mass is 10.1. The molecule has 0 bridgehead atoms. The lowest BCUT2D eigenvalue weighted by molar-refractivity contribution is 0.104. The normalized spacial score (nSPS) is 11.3. The number of carbonyl (C=O) groups is 1. The Labute approximate surface area is 134 Å². The van der Waals surface area contributed by atoms with E-state index < -0.39 is 0 Å². The first-order valence-corrected chi connectivity index (χ1v) is 7.22. The summed E-state index contributed by atoms with van der Waals surface area (Å²) in [5.74, 6) is -0.0416. The summed E-state index contributed by atoms with van der Waals surface area (Å²) in [6, 6.07) is 12.7. The highest BCUT2D eigenvalue weighted by molar-refractivity contribution is 6.42. The molecule has 2 rings (SSSR count). The number of nitrogens with one attached hydrogen (secondary N) is 1. The molecular weight excluding hydrogens is 305 g/mol. The third-order valence-electron chi connectivity index (χ3n) is 2.94. The van der Waals surface area contributed by atoms with Crippen LogP contribution in [0.15, 0.2) is 54.2 Å². The van der Waals surface area contributed by atoms with Crippen molar-refractivity contribution in [3.8, 4) is 0 Å². The van der Waals surface area contributed by atoms with Crippen LogP contribution in [0.1, 0.15) is 22.8 Å². The highest BCUT2D eigenvalue weighted by Gasteiger charge is 2.04. The molecule has 1 N–H and O–H groups in total. The van der Waals surface area contributed by atoms with Gasteiger partial charge in [-0.05, 0) is 32.0 Å². The van der Waals surface area contributed by atoms with Crippen molar-refractivity contribution in [3.63, 3.8) is 0 Å². The Morgan fingerprint density at radius 2 is 1.71 bits per heavy atom. The summed E-state index contributed by atoms with van der Waals surface area (Å²) in [4.78, 5) is 12.1. The summed E-state index contributed by atoms with van der Waals surface area (Å²) < 4.78 is 0. The molecule has 4 heteroatoms. The predicted molar refractivity (Wildman–Crippen MR) is 89.4 cm³/mol. The molecule has 0 atom stereocenters. The van der Waals surface area contributed by atoms with Crippen molar-refractivity contribution in [2.45, 2.75) is 13.8 Å². The molecule has 0 amide bonds. The second kappa shape index (κ2) is 6.79. The quantitative estimate of drug-likeness (QED) is 0.595. The molecular formula is C17H15Cl2NO. The van der Waals surface area contributed by atoms with Crippen LogP contribution >= 0.6 is 23.2 Å². The third kappa shape index (κ3) is 4.35. The minimum atomic E-state index is -0.0416. The van der Waals surface area contributed by atoms with Gasteiger partial charge in [-0.25, -0.2) is 0 Å². The van der Waals surface area contributed by atoms with E-state index in [0.717, 1.165) is 16.9 Å². The first-order valence-electron chi connectivity index (χ1n) is 6.47. The number of halogens is 2. The highest BCUT2D eigenvalue weighted by Crippen LogP contribution is 2.25. The van der Waals surface area contributed by atoms with Crippen LogP contribution in [0.3, 0.4) is 0 Å². The molecule has 0 heterocycles. The zero-order valence-corrected chi connectivity index (χ0v) is 13.3. The molecule has 2 nitrogen and oxygen atoms in total. The van der Waals surface area contributed by atoms with Gasteiger partial charge in [-0.1, -0.05) is 53.0 Å². The van der Waals surface area contributed by atoms with Gasteiger partial charge in [0.05, 0.1) is 10.0 Å². The number of rotatable bonds is 4. The summed E-state index contributed by atoms with van der Waals surface area (Å²) in [6.07, 6.45) is 1.56. The SMILES string of the molecule is C/C(=C/C(=O)c1ccc(C)cc1)Nc1ccc(Cl)c(Cl)c1. The lowest BCUT2D eigenvalue weighted by Crippen LogP contribution is -2.01. The van der Waals surface area contributed by atoms with Gasteiger partial charge in [-0.15, -0.1) is 0 Å². The maximum atomic E-state index is 12.1. The summed E-state index contributed by atoms with van der Waals surface area (Å²) >= 11 is 11.8. The Hall–Kier alpha value is -1.77. The fraction of sp³-hybridized carbons (Fsp3) is 0.118. The molecule has 0 aliphatic rings. The fourth-order valence-corrected chi connectivity index (χ4v) is 2.13. The minimum Gasteiger partial charge on any atom is -0.359 e. The first kappa shape index (κ1) is 15.6. The molecule has 0 saturated heterocycles. The van der Waals surface area contributed by atoms with E-state index in [1.54, 1.807) is 18.2 Å². The van der Waals surface area contributed by atoms with Crippen molar-refractivity contribution >= 4 is 34.7 Å². The van der Waals surface area contributed by atoms with Gasteiger partial charge in [-0.2, -0.15) is 0 Å². The monoisotopic (exact) mass is 319 g/mol. The molecule has 0 aromatic heterocycles. The third-order valence-corrected chi connectivity index (χ3v) is 3.68. The Bertz CT molecular complexity index is 690. The predicted octanol–water partition coefficient (Wildman–Crippen LogP) is 5.50. The van der Waals surface area contributed by atoms with Crippen LogP contribution in [0.2, 0.25) is 10.0 Å². The molecule has 0 unspecified atom stereocenters. The zero-order valence-electron chi connectivity index (χ0n) is 11.8. The molecule has 0 aliphatic carbocycles. The second-order valence-corrected chi connectivity index (χ2v) is 5.63. The zero-order chi connectivity index (χ0) is 15.4. The Balaban J connectivity index is 2.11.